The number of nitrogens with one attached hydrogen (secondary N) is 1. The Morgan fingerprint density at radius 3 is 2.90 bits per heavy atom. The van der Waals surface area contributed by atoms with Crippen molar-refractivity contribution in [2.45, 2.75) is 38.5 Å². The highest BCUT2D eigenvalue weighted by Gasteiger charge is 2.43. The van der Waals surface area contributed by atoms with Crippen molar-refractivity contribution in [2.75, 3.05) is 5.32 Å². The van der Waals surface area contributed by atoms with Crippen LogP contribution in [0.3, 0.4) is 0 Å². The van der Waals surface area contributed by atoms with Crippen molar-refractivity contribution in [1.82, 2.24) is 9.55 Å². The van der Waals surface area contributed by atoms with Gasteiger partial charge in [0.1, 0.15) is 11.4 Å². The Balaban J connectivity index is 1.37. The van der Waals surface area contributed by atoms with Gasteiger partial charge >= 0.3 is 6.29 Å². The number of aromatic nitrogens is 2. The van der Waals surface area contributed by atoms with Crippen LogP contribution in [-0.4, -0.2) is 21.8 Å². The van der Waals surface area contributed by atoms with Gasteiger partial charge in [-0.25, -0.2) is 4.98 Å². The molecule has 1 N–H and O–H groups in total. The first kappa shape index (κ1) is 18.0. The molecule has 1 amide bonds. The number of anilines is 1. The molecule has 2 aliphatic rings. The predicted molar refractivity (Wildman–Crippen MR) is 102 cm³/mol. The zero-order chi connectivity index (χ0) is 20.2. The molecule has 2 aromatic heterocycles. The SMILES string of the molecule is O=C(Cn1cnc2sc3c(c2c1=O)CCCC3)Nc1ccc2c(c1)OC(F)(F)O2. The molecule has 0 atom stereocenters. The second-order valence-electron chi connectivity index (χ2n) is 6.95. The Bertz CT molecular complexity index is 1200. The summed E-state index contributed by atoms with van der Waals surface area (Å²) < 4.78 is 36.2. The van der Waals surface area contributed by atoms with Gasteiger partial charge in [-0.2, -0.15) is 0 Å². The largest absolute Gasteiger partial charge is 0.586 e. The Kier molecular flexibility index (Phi) is 4.05. The third kappa shape index (κ3) is 3.23. The number of amides is 1. The molecule has 0 bridgehead atoms. The lowest BCUT2D eigenvalue weighted by atomic mass is 9.97. The Labute approximate surface area is 166 Å². The summed E-state index contributed by atoms with van der Waals surface area (Å²) in [4.78, 5) is 31.6. The van der Waals surface area contributed by atoms with Crippen molar-refractivity contribution >= 4 is 33.1 Å². The minimum atomic E-state index is -3.72. The number of fused-ring (bicyclic) bond motifs is 4. The van der Waals surface area contributed by atoms with Gasteiger partial charge in [0.2, 0.25) is 5.91 Å². The van der Waals surface area contributed by atoms with Crippen molar-refractivity contribution < 1.29 is 23.0 Å². The van der Waals surface area contributed by atoms with Crippen molar-refractivity contribution in [3.05, 3.63) is 45.3 Å². The van der Waals surface area contributed by atoms with Gasteiger partial charge in [-0.3, -0.25) is 14.2 Å². The number of alkyl halides is 2. The van der Waals surface area contributed by atoms with Crippen molar-refractivity contribution in [2.24, 2.45) is 0 Å². The number of nitrogens with zero attached hydrogens (tertiary/aromatic N) is 2. The predicted octanol–water partition coefficient (Wildman–Crippen LogP) is 3.30. The summed E-state index contributed by atoms with van der Waals surface area (Å²) in [6.07, 6.45) is 1.60. The molecule has 3 heterocycles. The second-order valence-corrected chi connectivity index (χ2v) is 8.03. The van der Waals surface area contributed by atoms with Crippen molar-refractivity contribution in [1.29, 1.82) is 0 Å². The number of hydrogen-bond donors (Lipinski definition) is 1. The first-order valence-electron chi connectivity index (χ1n) is 9.09. The van der Waals surface area contributed by atoms with E-state index in [9.17, 15) is 18.4 Å². The number of benzene rings is 1. The molecule has 3 aromatic rings. The average Bonchev–Trinajstić information content (AvgIpc) is 3.19. The normalized spacial score (nSPS) is 16.6. The van der Waals surface area contributed by atoms with E-state index in [0.29, 0.717) is 10.2 Å². The second kappa shape index (κ2) is 6.51. The Hall–Kier alpha value is -3.01. The van der Waals surface area contributed by atoms with Crippen LogP contribution in [0.2, 0.25) is 0 Å². The lowest BCUT2D eigenvalue weighted by Gasteiger charge is -2.10. The maximum absolute atomic E-state index is 13.1. The molecule has 29 heavy (non-hydrogen) atoms. The average molecular weight is 419 g/mol. The summed E-state index contributed by atoms with van der Waals surface area (Å²) in [6.45, 7) is -0.239. The van der Waals surface area contributed by atoms with Crippen LogP contribution in [0, 0.1) is 0 Å². The molecule has 0 unspecified atom stereocenters. The van der Waals surface area contributed by atoms with Crippen LogP contribution in [0.15, 0.2) is 29.3 Å². The van der Waals surface area contributed by atoms with Crippen LogP contribution in [0.4, 0.5) is 14.5 Å². The molecule has 1 aliphatic carbocycles. The highest BCUT2D eigenvalue weighted by molar-refractivity contribution is 7.18. The number of carbonyl (C=O) groups is 1. The van der Waals surface area contributed by atoms with Crippen LogP contribution in [0.25, 0.3) is 10.2 Å². The van der Waals surface area contributed by atoms with Gasteiger partial charge < -0.3 is 14.8 Å². The smallest absolute Gasteiger partial charge is 0.395 e. The molecule has 5 rings (SSSR count). The van der Waals surface area contributed by atoms with Gasteiger partial charge in [0.25, 0.3) is 5.56 Å². The third-order valence-corrected chi connectivity index (χ3v) is 6.14. The number of halogens is 2. The zero-order valence-corrected chi connectivity index (χ0v) is 15.9. The summed E-state index contributed by atoms with van der Waals surface area (Å²) in [5, 5.41) is 3.18. The van der Waals surface area contributed by atoms with Gasteiger partial charge in [0.05, 0.1) is 11.7 Å². The highest BCUT2D eigenvalue weighted by atomic mass is 32.1. The molecular formula is C19H15F2N3O4S. The molecule has 0 fully saturated rings. The van der Waals surface area contributed by atoms with Gasteiger partial charge in [0.15, 0.2) is 11.5 Å². The molecule has 7 nitrogen and oxygen atoms in total. The summed E-state index contributed by atoms with van der Waals surface area (Å²) in [7, 11) is 0. The molecule has 0 saturated carbocycles. The van der Waals surface area contributed by atoms with Gasteiger partial charge in [0, 0.05) is 16.6 Å². The molecule has 1 aliphatic heterocycles. The highest BCUT2D eigenvalue weighted by Crippen LogP contribution is 2.42. The van der Waals surface area contributed by atoms with E-state index in [1.54, 1.807) is 11.3 Å². The molecule has 10 heteroatoms. The Morgan fingerprint density at radius 2 is 2.03 bits per heavy atom. The first-order valence-corrected chi connectivity index (χ1v) is 9.91. The quantitative estimate of drug-likeness (QED) is 0.705. The fraction of sp³-hybridized carbons (Fsp3) is 0.316. The first-order chi connectivity index (χ1) is 13.9. The van der Waals surface area contributed by atoms with E-state index in [4.69, 9.17) is 0 Å². The minimum absolute atomic E-state index is 0.110. The fourth-order valence-electron chi connectivity index (χ4n) is 3.68. The maximum atomic E-state index is 13.1. The number of hydrogen-bond acceptors (Lipinski definition) is 6. The number of thiophene rings is 1. The molecule has 1 aromatic carbocycles. The maximum Gasteiger partial charge on any atom is 0.586 e. The van der Waals surface area contributed by atoms with Gasteiger partial charge in [-0.15, -0.1) is 20.1 Å². The van der Waals surface area contributed by atoms with Crippen molar-refractivity contribution in [3.63, 3.8) is 0 Å². The lowest BCUT2D eigenvalue weighted by Crippen LogP contribution is -2.28. The lowest BCUT2D eigenvalue weighted by molar-refractivity contribution is -0.286. The van der Waals surface area contributed by atoms with E-state index < -0.39 is 12.2 Å². The Morgan fingerprint density at radius 1 is 1.24 bits per heavy atom. The number of aryl methyl sites for hydroxylation is 2. The van der Waals surface area contributed by atoms with E-state index in [2.05, 4.69) is 19.8 Å². The number of rotatable bonds is 3. The third-order valence-electron chi connectivity index (χ3n) is 4.94. The van der Waals surface area contributed by atoms with E-state index in [-0.39, 0.29) is 29.3 Å². The van der Waals surface area contributed by atoms with Crippen LogP contribution in [0.5, 0.6) is 11.5 Å². The summed E-state index contributed by atoms with van der Waals surface area (Å²) >= 11 is 1.54. The molecular weight excluding hydrogens is 404 g/mol. The molecule has 150 valence electrons. The summed E-state index contributed by atoms with van der Waals surface area (Å²) in [5.41, 5.74) is 1.07. The minimum Gasteiger partial charge on any atom is -0.395 e. The standard InChI is InChI=1S/C19H15F2N3O4S/c20-19(21)27-12-6-5-10(7-13(12)28-19)23-15(25)8-24-9-22-17-16(18(24)26)11-3-1-2-4-14(11)29-17/h5-7,9H,1-4,8H2,(H,23,25). The van der Waals surface area contributed by atoms with Crippen LogP contribution >= 0.6 is 11.3 Å². The van der Waals surface area contributed by atoms with E-state index in [0.717, 1.165) is 31.2 Å². The zero-order valence-electron chi connectivity index (χ0n) is 15.0. The van der Waals surface area contributed by atoms with Crippen molar-refractivity contribution in [3.8, 4) is 11.5 Å². The fourth-order valence-corrected chi connectivity index (χ4v) is 4.90. The van der Waals surface area contributed by atoms with Crippen LogP contribution in [0.1, 0.15) is 23.3 Å². The van der Waals surface area contributed by atoms with E-state index in [1.165, 1.54) is 34.0 Å². The monoisotopic (exact) mass is 419 g/mol. The van der Waals surface area contributed by atoms with Crippen LogP contribution in [-0.2, 0) is 24.2 Å². The topological polar surface area (TPSA) is 82.5 Å². The van der Waals surface area contributed by atoms with Gasteiger partial charge in [-0.05, 0) is 43.4 Å². The van der Waals surface area contributed by atoms with E-state index in [1.807, 2.05) is 0 Å². The summed E-state index contributed by atoms with van der Waals surface area (Å²) in [5.74, 6) is -0.762. The molecule has 0 radical (unpaired) electrons. The van der Waals surface area contributed by atoms with E-state index >= 15 is 0 Å². The number of carbonyl (C=O) groups excluding carboxylic acids is 1. The van der Waals surface area contributed by atoms with Crippen LogP contribution < -0.4 is 20.3 Å². The number of ether oxygens (including phenoxy) is 2. The summed E-state index contributed by atoms with van der Waals surface area (Å²) in [6, 6.07) is 3.94. The van der Waals surface area contributed by atoms with Gasteiger partial charge in [-0.1, -0.05) is 0 Å². The molecule has 0 saturated heterocycles. The molecule has 0 spiro atoms.